The molecule has 9 nitrogen and oxygen atoms in total. The second-order valence-electron chi connectivity index (χ2n) is 8.12. The maximum atomic E-state index is 13.8. The zero-order valence-electron chi connectivity index (χ0n) is 20.7. The minimum Gasteiger partial charge on any atom is -0.495 e. The molecule has 4 rings (SSSR count). The quantitative estimate of drug-likeness (QED) is 0.232. The first-order chi connectivity index (χ1) is 18.9. The fourth-order valence-electron chi connectivity index (χ4n) is 3.68. The van der Waals surface area contributed by atoms with E-state index in [-0.39, 0.29) is 50.5 Å². The van der Waals surface area contributed by atoms with Crippen LogP contribution in [0.25, 0.3) is 11.1 Å². The summed E-state index contributed by atoms with van der Waals surface area (Å²) in [4.78, 5) is 18.0. The summed E-state index contributed by atoms with van der Waals surface area (Å²) in [5.41, 5.74) is -1.33. The number of aromatic nitrogens is 2. The van der Waals surface area contributed by atoms with Gasteiger partial charge < -0.3 is 9.26 Å². The molecule has 0 aliphatic carbocycles. The normalized spacial score (nSPS) is 11.8. The van der Waals surface area contributed by atoms with E-state index in [0.29, 0.717) is 12.1 Å². The van der Waals surface area contributed by atoms with Crippen LogP contribution in [-0.4, -0.2) is 31.6 Å². The van der Waals surface area contributed by atoms with Gasteiger partial charge >= 0.3 is 6.18 Å². The highest BCUT2D eigenvalue weighted by molar-refractivity contribution is 7.92. The predicted octanol–water partition coefficient (Wildman–Crippen LogP) is 6.43. The van der Waals surface area contributed by atoms with Crippen molar-refractivity contribution in [1.82, 2.24) is 10.1 Å². The smallest absolute Gasteiger partial charge is 0.419 e. The molecule has 1 N–H and O–H groups in total. The SMILES string of the molecule is CCC(=O)N(c1ccc(S(=O)(=O)Nc2ccon2)cn1)c1cc(Cl)c(-c2ccc(F)c(C(F)(F)F)c2)cc1OC. The summed E-state index contributed by atoms with van der Waals surface area (Å²) < 4.78 is 91.1. The van der Waals surface area contributed by atoms with Crippen LogP contribution in [0.2, 0.25) is 5.02 Å². The number of nitrogens with zero attached hydrogens (tertiary/aromatic N) is 3. The number of benzene rings is 2. The lowest BCUT2D eigenvalue weighted by atomic mass is 10.0. The Morgan fingerprint density at radius 1 is 1.15 bits per heavy atom. The number of amides is 1. The van der Waals surface area contributed by atoms with Crippen LogP contribution in [0, 0.1) is 5.82 Å². The van der Waals surface area contributed by atoms with Crippen molar-refractivity contribution in [3.8, 4) is 16.9 Å². The van der Waals surface area contributed by atoms with Crippen LogP contribution in [0.15, 0.2) is 70.4 Å². The number of carbonyl (C=O) groups excluding carboxylic acids is 1. The monoisotopic (exact) mass is 598 g/mol. The molecule has 4 aromatic rings. The standard InChI is InChI=1S/C25H19ClF4N4O5S/c1-3-24(35)34(23-7-5-15(13-31-23)40(36,37)33-22-8-9-39-32-22)20-12-18(26)16(11-21(20)38-2)14-4-6-19(27)17(10-14)25(28,29)30/h4-13H,3H2,1-2H3,(H,32,33). The summed E-state index contributed by atoms with van der Waals surface area (Å²) in [5, 5.41) is 3.42. The van der Waals surface area contributed by atoms with Crippen molar-refractivity contribution in [3.63, 3.8) is 0 Å². The Kier molecular flexibility index (Phi) is 8.03. The molecule has 40 heavy (non-hydrogen) atoms. The van der Waals surface area contributed by atoms with Gasteiger partial charge in [0.25, 0.3) is 10.0 Å². The van der Waals surface area contributed by atoms with Crippen molar-refractivity contribution in [2.24, 2.45) is 0 Å². The number of anilines is 3. The van der Waals surface area contributed by atoms with Gasteiger partial charge in [-0.05, 0) is 42.0 Å². The van der Waals surface area contributed by atoms with E-state index in [9.17, 15) is 30.8 Å². The molecular formula is C25H19ClF4N4O5S. The molecule has 0 unspecified atom stereocenters. The van der Waals surface area contributed by atoms with E-state index in [0.717, 1.165) is 17.2 Å². The number of methoxy groups -OCH3 is 1. The van der Waals surface area contributed by atoms with Gasteiger partial charge in [0.2, 0.25) is 5.91 Å². The van der Waals surface area contributed by atoms with Crippen LogP contribution in [0.5, 0.6) is 5.75 Å². The highest BCUT2D eigenvalue weighted by atomic mass is 35.5. The summed E-state index contributed by atoms with van der Waals surface area (Å²) in [5.74, 6) is -1.92. The molecule has 0 saturated carbocycles. The van der Waals surface area contributed by atoms with Gasteiger partial charge in [0.15, 0.2) is 5.82 Å². The van der Waals surface area contributed by atoms with Crippen molar-refractivity contribution in [3.05, 3.63) is 77.4 Å². The van der Waals surface area contributed by atoms with Gasteiger partial charge in [-0.25, -0.2) is 17.8 Å². The third-order valence-electron chi connectivity index (χ3n) is 5.58. The minimum atomic E-state index is -4.93. The highest BCUT2D eigenvalue weighted by Crippen LogP contribution is 2.43. The Balaban J connectivity index is 1.76. The molecule has 0 atom stereocenters. The van der Waals surface area contributed by atoms with Crippen LogP contribution >= 0.6 is 11.6 Å². The Hall–Kier alpha value is -4.17. The Morgan fingerprint density at radius 2 is 1.90 bits per heavy atom. The summed E-state index contributed by atoms with van der Waals surface area (Å²) in [6.07, 6.45) is -2.74. The van der Waals surface area contributed by atoms with E-state index in [4.69, 9.17) is 16.3 Å². The molecule has 0 radical (unpaired) electrons. The highest BCUT2D eigenvalue weighted by Gasteiger charge is 2.34. The molecule has 2 heterocycles. The zero-order chi connectivity index (χ0) is 29.2. The molecule has 15 heteroatoms. The lowest BCUT2D eigenvalue weighted by Gasteiger charge is -2.25. The van der Waals surface area contributed by atoms with Crippen molar-refractivity contribution >= 4 is 44.9 Å². The Labute approximate surface area is 230 Å². The topological polar surface area (TPSA) is 115 Å². The fourth-order valence-corrected chi connectivity index (χ4v) is 4.89. The van der Waals surface area contributed by atoms with Crippen LogP contribution in [0.4, 0.5) is 34.9 Å². The maximum Gasteiger partial charge on any atom is 0.419 e. The van der Waals surface area contributed by atoms with E-state index in [1.54, 1.807) is 6.92 Å². The van der Waals surface area contributed by atoms with Crippen LogP contribution in [-0.2, 0) is 21.0 Å². The van der Waals surface area contributed by atoms with E-state index in [1.807, 2.05) is 0 Å². The van der Waals surface area contributed by atoms with Gasteiger partial charge in [-0.2, -0.15) is 13.2 Å². The maximum absolute atomic E-state index is 13.8. The summed E-state index contributed by atoms with van der Waals surface area (Å²) in [6.45, 7) is 1.58. The van der Waals surface area contributed by atoms with E-state index < -0.39 is 33.5 Å². The van der Waals surface area contributed by atoms with Crippen LogP contribution in [0.1, 0.15) is 18.9 Å². The lowest BCUT2D eigenvalue weighted by molar-refractivity contribution is -0.140. The predicted molar refractivity (Wildman–Crippen MR) is 137 cm³/mol. The van der Waals surface area contributed by atoms with E-state index in [1.165, 1.54) is 43.7 Å². The number of carbonyl (C=O) groups is 1. The van der Waals surface area contributed by atoms with Gasteiger partial charge in [-0.1, -0.05) is 29.7 Å². The number of hydrogen-bond donors (Lipinski definition) is 1. The number of alkyl halides is 3. The minimum absolute atomic E-state index is 0.00905. The van der Waals surface area contributed by atoms with Gasteiger partial charge in [-0.3, -0.25) is 14.4 Å². The largest absolute Gasteiger partial charge is 0.495 e. The number of ether oxygens (including phenoxy) is 1. The molecule has 0 fully saturated rings. The average Bonchev–Trinajstić information content (AvgIpc) is 3.41. The molecule has 1 amide bonds. The van der Waals surface area contributed by atoms with Gasteiger partial charge in [0.05, 0.1) is 23.4 Å². The number of halogens is 5. The molecule has 2 aromatic heterocycles. The van der Waals surface area contributed by atoms with Crippen molar-refractivity contribution < 1.29 is 40.0 Å². The molecule has 2 aromatic carbocycles. The van der Waals surface area contributed by atoms with Crippen LogP contribution < -0.4 is 14.4 Å². The van der Waals surface area contributed by atoms with Crippen molar-refractivity contribution in [2.75, 3.05) is 16.7 Å². The number of hydrogen-bond acceptors (Lipinski definition) is 7. The Morgan fingerprint density at radius 3 is 2.48 bits per heavy atom. The third kappa shape index (κ3) is 5.87. The molecule has 210 valence electrons. The molecule has 0 saturated heterocycles. The number of sulfonamides is 1. The number of nitrogens with one attached hydrogen (secondary N) is 1. The first kappa shape index (κ1) is 28.8. The molecule has 0 bridgehead atoms. The van der Waals surface area contributed by atoms with Crippen molar-refractivity contribution in [1.29, 1.82) is 0 Å². The molecule has 0 aliphatic heterocycles. The summed E-state index contributed by atoms with van der Waals surface area (Å²) in [7, 11) is -2.81. The zero-order valence-corrected chi connectivity index (χ0v) is 22.2. The second kappa shape index (κ2) is 11.1. The fraction of sp³-hybridized carbons (Fsp3) is 0.160. The van der Waals surface area contributed by atoms with Gasteiger partial charge in [0.1, 0.15) is 28.5 Å². The Bertz CT molecular complexity index is 1650. The van der Waals surface area contributed by atoms with Crippen molar-refractivity contribution in [2.45, 2.75) is 24.4 Å². The van der Waals surface area contributed by atoms with Crippen LogP contribution in [0.3, 0.4) is 0 Å². The molecular weight excluding hydrogens is 580 g/mol. The number of pyridine rings is 1. The molecule has 0 aliphatic rings. The lowest BCUT2D eigenvalue weighted by Crippen LogP contribution is -2.26. The first-order valence-electron chi connectivity index (χ1n) is 11.3. The second-order valence-corrected chi connectivity index (χ2v) is 10.2. The third-order valence-corrected chi connectivity index (χ3v) is 7.23. The number of rotatable bonds is 8. The van der Waals surface area contributed by atoms with E-state index >= 15 is 0 Å². The average molecular weight is 599 g/mol. The summed E-state index contributed by atoms with van der Waals surface area (Å²) in [6, 6.07) is 8.82. The van der Waals surface area contributed by atoms with Gasteiger partial charge in [0, 0.05) is 24.2 Å². The van der Waals surface area contributed by atoms with E-state index in [2.05, 4.69) is 19.4 Å². The molecule has 0 spiro atoms. The van der Waals surface area contributed by atoms with Gasteiger partial charge in [-0.15, -0.1) is 0 Å². The summed E-state index contributed by atoms with van der Waals surface area (Å²) >= 11 is 6.44. The first-order valence-corrected chi connectivity index (χ1v) is 13.2.